The molecule has 1 amide bonds. The maximum absolute atomic E-state index is 12.8. The highest BCUT2D eigenvalue weighted by molar-refractivity contribution is 7.10. The molecule has 0 saturated carbocycles. The zero-order chi connectivity index (χ0) is 19.8. The van der Waals surface area contributed by atoms with Crippen LogP contribution in [0.25, 0.3) is 5.76 Å². The number of halogens is 2. The number of hydrogen-bond donors (Lipinski definition) is 1. The van der Waals surface area contributed by atoms with E-state index in [1.165, 1.54) is 34.6 Å². The average Bonchev–Trinajstić information content (AvgIpc) is 3.42. The van der Waals surface area contributed by atoms with E-state index in [-0.39, 0.29) is 22.9 Å². The van der Waals surface area contributed by atoms with Crippen LogP contribution in [0.4, 0.5) is 0 Å². The number of furan rings is 1. The van der Waals surface area contributed by atoms with E-state index < -0.39 is 17.7 Å². The van der Waals surface area contributed by atoms with Gasteiger partial charge in [0.25, 0.3) is 11.7 Å². The number of aliphatic hydroxyl groups excluding tert-OH is 1. The predicted octanol–water partition coefficient (Wildman–Crippen LogP) is 5.27. The van der Waals surface area contributed by atoms with Gasteiger partial charge in [0, 0.05) is 10.4 Å². The highest BCUT2D eigenvalue weighted by atomic mass is 35.5. The topological polar surface area (TPSA) is 70.8 Å². The van der Waals surface area contributed by atoms with Crippen molar-refractivity contribution in [2.24, 2.45) is 0 Å². The molecule has 8 heteroatoms. The second-order valence-corrected chi connectivity index (χ2v) is 7.94. The minimum absolute atomic E-state index is 0.0115. The van der Waals surface area contributed by atoms with Crippen LogP contribution in [0.15, 0.2) is 64.1 Å². The van der Waals surface area contributed by atoms with Crippen molar-refractivity contribution >= 4 is 52.0 Å². The number of thiophene rings is 1. The summed E-state index contributed by atoms with van der Waals surface area (Å²) in [5.74, 6) is -1.21. The number of carbonyl (C=O) groups is 2. The zero-order valence-electron chi connectivity index (χ0n) is 14.3. The van der Waals surface area contributed by atoms with Gasteiger partial charge in [-0.15, -0.1) is 11.3 Å². The van der Waals surface area contributed by atoms with Crippen LogP contribution in [0.5, 0.6) is 0 Å². The number of Topliss-reactive ketones (excluding diaryl/α,β-unsaturated/α-hetero) is 1. The Bertz CT molecular complexity index is 1070. The summed E-state index contributed by atoms with van der Waals surface area (Å²) in [5, 5.41) is 13.3. The minimum atomic E-state index is -0.756. The number of ketones is 1. The SMILES string of the molecule is O=C1C(=O)N(Cc2ccco2)C(c2cccs2)/C1=C(/O)c1ccc(Cl)c(Cl)c1. The van der Waals surface area contributed by atoms with Crippen LogP contribution in [-0.2, 0) is 16.1 Å². The molecular weight excluding hydrogens is 421 g/mol. The Labute approximate surface area is 174 Å². The second-order valence-electron chi connectivity index (χ2n) is 6.15. The molecule has 0 bridgehead atoms. The first kappa shape index (κ1) is 18.8. The maximum atomic E-state index is 12.8. The van der Waals surface area contributed by atoms with Gasteiger partial charge >= 0.3 is 0 Å². The Balaban J connectivity index is 1.85. The lowest BCUT2D eigenvalue weighted by molar-refractivity contribution is -0.140. The van der Waals surface area contributed by atoms with Crippen molar-refractivity contribution in [1.82, 2.24) is 4.90 Å². The lowest BCUT2D eigenvalue weighted by Crippen LogP contribution is -2.28. The van der Waals surface area contributed by atoms with Crippen molar-refractivity contribution in [3.8, 4) is 0 Å². The largest absolute Gasteiger partial charge is 0.507 e. The summed E-state index contributed by atoms with van der Waals surface area (Å²) >= 11 is 13.4. The van der Waals surface area contributed by atoms with Crippen LogP contribution in [0.1, 0.15) is 22.2 Å². The monoisotopic (exact) mass is 433 g/mol. The van der Waals surface area contributed by atoms with Crippen molar-refractivity contribution in [2.75, 3.05) is 0 Å². The molecule has 142 valence electrons. The van der Waals surface area contributed by atoms with E-state index in [0.717, 1.165) is 4.88 Å². The van der Waals surface area contributed by atoms with E-state index in [4.69, 9.17) is 27.6 Å². The van der Waals surface area contributed by atoms with Crippen LogP contribution in [0.2, 0.25) is 10.0 Å². The molecule has 0 radical (unpaired) electrons. The van der Waals surface area contributed by atoms with Gasteiger partial charge in [-0.3, -0.25) is 9.59 Å². The summed E-state index contributed by atoms with van der Waals surface area (Å²) in [6.07, 6.45) is 1.50. The fraction of sp³-hybridized carbons (Fsp3) is 0.100. The molecule has 1 saturated heterocycles. The van der Waals surface area contributed by atoms with E-state index in [0.29, 0.717) is 16.3 Å². The normalized spacial score (nSPS) is 18.8. The van der Waals surface area contributed by atoms with E-state index in [9.17, 15) is 14.7 Å². The fourth-order valence-corrected chi connectivity index (χ4v) is 4.30. The Hall–Kier alpha value is -2.54. The van der Waals surface area contributed by atoms with Gasteiger partial charge in [-0.05, 0) is 41.8 Å². The van der Waals surface area contributed by atoms with Gasteiger partial charge in [0.2, 0.25) is 0 Å². The number of benzene rings is 1. The quantitative estimate of drug-likeness (QED) is 0.345. The third kappa shape index (κ3) is 3.24. The molecule has 1 unspecified atom stereocenters. The lowest BCUT2D eigenvalue weighted by Gasteiger charge is -2.23. The average molecular weight is 434 g/mol. The summed E-state index contributed by atoms with van der Waals surface area (Å²) < 4.78 is 5.34. The number of amides is 1. The first-order chi connectivity index (χ1) is 13.5. The minimum Gasteiger partial charge on any atom is -0.507 e. The number of rotatable bonds is 4. The molecule has 1 aliphatic rings. The van der Waals surface area contributed by atoms with E-state index in [2.05, 4.69) is 0 Å². The standard InChI is InChI=1S/C20H13Cl2NO4S/c21-13-6-5-11(9-14(13)22)18(24)16-17(15-4-2-8-28-15)23(20(26)19(16)25)10-12-3-1-7-27-12/h1-9,17,24H,10H2/b18-16-. The molecule has 1 aliphatic heterocycles. The van der Waals surface area contributed by atoms with Crippen LogP contribution in [0.3, 0.4) is 0 Å². The number of likely N-dealkylation sites (tertiary alicyclic amines) is 1. The number of hydrogen-bond acceptors (Lipinski definition) is 5. The molecule has 1 aromatic carbocycles. The van der Waals surface area contributed by atoms with Crippen molar-refractivity contribution in [1.29, 1.82) is 0 Å². The summed E-state index contributed by atoms with van der Waals surface area (Å²) in [6, 6.07) is 10.9. The molecule has 1 N–H and O–H groups in total. The molecule has 4 rings (SSSR count). The van der Waals surface area contributed by atoms with E-state index in [1.54, 1.807) is 18.2 Å². The number of carbonyl (C=O) groups excluding carboxylic acids is 2. The lowest BCUT2D eigenvalue weighted by atomic mass is 10.00. The van der Waals surface area contributed by atoms with Crippen LogP contribution in [-0.4, -0.2) is 21.7 Å². The van der Waals surface area contributed by atoms with Crippen molar-refractivity contribution in [2.45, 2.75) is 12.6 Å². The third-order valence-electron chi connectivity index (χ3n) is 4.45. The predicted molar refractivity (Wildman–Crippen MR) is 107 cm³/mol. The molecule has 3 heterocycles. The smallest absolute Gasteiger partial charge is 0.296 e. The van der Waals surface area contributed by atoms with Crippen molar-refractivity contribution < 1.29 is 19.1 Å². The summed E-state index contributed by atoms with van der Waals surface area (Å²) in [5.41, 5.74) is 0.323. The molecular formula is C20H13Cl2NO4S. The molecule has 1 fully saturated rings. The highest BCUT2D eigenvalue weighted by Crippen LogP contribution is 2.42. The van der Waals surface area contributed by atoms with Gasteiger partial charge in [0.15, 0.2) is 0 Å². The first-order valence-electron chi connectivity index (χ1n) is 8.27. The molecule has 28 heavy (non-hydrogen) atoms. The molecule has 3 aromatic rings. The molecule has 5 nitrogen and oxygen atoms in total. The second kappa shape index (κ2) is 7.47. The van der Waals surface area contributed by atoms with Crippen LogP contribution in [0, 0.1) is 0 Å². The van der Waals surface area contributed by atoms with Gasteiger partial charge in [-0.2, -0.15) is 0 Å². The molecule has 0 aliphatic carbocycles. The summed E-state index contributed by atoms with van der Waals surface area (Å²) in [4.78, 5) is 27.7. The first-order valence-corrected chi connectivity index (χ1v) is 9.90. The number of aliphatic hydroxyl groups is 1. The zero-order valence-corrected chi connectivity index (χ0v) is 16.6. The molecule has 2 aromatic heterocycles. The fourth-order valence-electron chi connectivity index (χ4n) is 3.16. The Kier molecular flexibility index (Phi) is 5.02. The number of nitrogens with zero attached hydrogens (tertiary/aromatic N) is 1. The summed E-state index contributed by atoms with van der Waals surface area (Å²) in [7, 11) is 0. The molecule has 1 atom stereocenters. The van der Waals surface area contributed by atoms with Crippen molar-refractivity contribution in [3.05, 3.63) is 85.9 Å². The summed E-state index contributed by atoms with van der Waals surface area (Å²) in [6.45, 7) is 0.109. The van der Waals surface area contributed by atoms with Crippen molar-refractivity contribution in [3.63, 3.8) is 0 Å². The Morgan fingerprint density at radius 3 is 2.61 bits per heavy atom. The van der Waals surface area contributed by atoms with Gasteiger partial charge in [-0.25, -0.2) is 0 Å². The van der Waals surface area contributed by atoms with Gasteiger partial charge in [-0.1, -0.05) is 29.3 Å². The highest BCUT2D eigenvalue weighted by Gasteiger charge is 2.46. The van der Waals surface area contributed by atoms with Gasteiger partial charge in [0.05, 0.1) is 28.4 Å². The van der Waals surface area contributed by atoms with Crippen LogP contribution >= 0.6 is 34.5 Å². The van der Waals surface area contributed by atoms with Crippen LogP contribution < -0.4 is 0 Å². The Morgan fingerprint density at radius 1 is 1.14 bits per heavy atom. The molecule has 0 spiro atoms. The van der Waals surface area contributed by atoms with Gasteiger partial charge < -0.3 is 14.4 Å². The van der Waals surface area contributed by atoms with E-state index in [1.807, 2.05) is 17.5 Å². The maximum Gasteiger partial charge on any atom is 0.296 e. The van der Waals surface area contributed by atoms with E-state index >= 15 is 0 Å². The van der Waals surface area contributed by atoms with Gasteiger partial charge in [0.1, 0.15) is 17.6 Å². The third-order valence-corrected chi connectivity index (χ3v) is 6.12. The Morgan fingerprint density at radius 2 is 1.96 bits per heavy atom.